The number of aryl methyl sites for hydroxylation is 1. The Kier molecular flexibility index (Phi) is 5.06. The van der Waals surface area contributed by atoms with Crippen LogP contribution in [0.1, 0.15) is 20.1 Å². The summed E-state index contributed by atoms with van der Waals surface area (Å²) in [6.45, 7) is 2.01. The SMILES string of the molecule is Cc1cc(C(=O)N(C)CCO)sc1C=CC(=O)O. The van der Waals surface area contributed by atoms with E-state index in [4.69, 9.17) is 10.2 Å². The summed E-state index contributed by atoms with van der Waals surface area (Å²) < 4.78 is 0. The molecule has 0 fully saturated rings. The number of carboxylic acids is 1. The number of rotatable bonds is 5. The van der Waals surface area contributed by atoms with Crippen molar-refractivity contribution in [1.82, 2.24) is 4.90 Å². The predicted molar refractivity (Wildman–Crippen MR) is 69.8 cm³/mol. The van der Waals surface area contributed by atoms with Crippen LogP contribution in [0.5, 0.6) is 0 Å². The van der Waals surface area contributed by atoms with Crippen LogP contribution in [-0.2, 0) is 4.79 Å². The highest BCUT2D eigenvalue weighted by molar-refractivity contribution is 7.15. The van der Waals surface area contributed by atoms with Crippen molar-refractivity contribution in [3.05, 3.63) is 27.5 Å². The Balaban J connectivity index is 2.90. The number of carbonyl (C=O) groups excluding carboxylic acids is 1. The number of likely N-dealkylation sites (N-methyl/N-ethyl adjacent to an activating group) is 1. The van der Waals surface area contributed by atoms with E-state index in [-0.39, 0.29) is 19.1 Å². The zero-order valence-electron chi connectivity index (χ0n) is 10.2. The molecule has 0 aliphatic heterocycles. The normalized spacial score (nSPS) is 10.8. The van der Waals surface area contributed by atoms with Crippen molar-refractivity contribution in [3.8, 4) is 0 Å². The van der Waals surface area contributed by atoms with Crippen molar-refractivity contribution in [1.29, 1.82) is 0 Å². The maximum atomic E-state index is 11.9. The summed E-state index contributed by atoms with van der Waals surface area (Å²) in [4.78, 5) is 25.1. The van der Waals surface area contributed by atoms with Gasteiger partial charge in [-0.3, -0.25) is 4.79 Å². The molecule has 18 heavy (non-hydrogen) atoms. The largest absolute Gasteiger partial charge is 0.478 e. The van der Waals surface area contributed by atoms with Gasteiger partial charge in [0.1, 0.15) is 0 Å². The molecule has 0 bridgehead atoms. The first-order valence-corrected chi connectivity index (χ1v) is 6.15. The number of nitrogens with zero attached hydrogens (tertiary/aromatic N) is 1. The first kappa shape index (κ1) is 14.4. The second-order valence-electron chi connectivity index (χ2n) is 3.78. The van der Waals surface area contributed by atoms with E-state index in [9.17, 15) is 9.59 Å². The first-order valence-electron chi connectivity index (χ1n) is 5.33. The number of amides is 1. The molecule has 0 unspecified atom stereocenters. The van der Waals surface area contributed by atoms with E-state index in [0.717, 1.165) is 16.5 Å². The van der Waals surface area contributed by atoms with Crippen molar-refractivity contribution in [3.63, 3.8) is 0 Å². The first-order chi connectivity index (χ1) is 8.45. The fourth-order valence-electron chi connectivity index (χ4n) is 1.35. The molecule has 0 atom stereocenters. The van der Waals surface area contributed by atoms with Crippen LogP contribution in [0.2, 0.25) is 0 Å². The molecule has 0 aliphatic rings. The number of carboxylic acid groups (broad SMARTS) is 1. The van der Waals surface area contributed by atoms with Gasteiger partial charge in [0, 0.05) is 24.5 Å². The highest BCUT2D eigenvalue weighted by Crippen LogP contribution is 2.24. The van der Waals surface area contributed by atoms with E-state index in [0.29, 0.717) is 4.88 Å². The van der Waals surface area contributed by atoms with Gasteiger partial charge in [-0.2, -0.15) is 0 Å². The van der Waals surface area contributed by atoms with Crippen LogP contribution in [0, 0.1) is 6.92 Å². The molecule has 5 nitrogen and oxygen atoms in total. The standard InChI is InChI=1S/C12H15NO4S/c1-8-7-10(12(17)13(2)5-6-14)18-9(8)3-4-11(15)16/h3-4,7,14H,5-6H2,1-2H3,(H,15,16). The summed E-state index contributed by atoms with van der Waals surface area (Å²) in [6, 6.07) is 1.72. The van der Waals surface area contributed by atoms with E-state index in [2.05, 4.69) is 0 Å². The minimum Gasteiger partial charge on any atom is -0.478 e. The lowest BCUT2D eigenvalue weighted by atomic mass is 10.2. The maximum Gasteiger partial charge on any atom is 0.328 e. The zero-order valence-corrected chi connectivity index (χ0v) is 11.0. The molecule has 98 valence electrons. The van der Waals surface area contributed by atoms with E-state index in [1.165, 1.54) is 22.3 Å². The van der Waals surface area contributed by atoms with E-state index < -0.39 is 5.97 Å². The fourth-order valence-corrected chi connectivity index (χ4v) is 2.43. The average Bonchev–Trinajstić information content (AvgIpc) is 2.67. The third-order valence-corrected chi connectivity index (χ3v) is 3.52. The number of hydrogen-bond donors (Lipinski definition) is 2. The number of aliphatic hydroxyl groups excluding tert-OH is 1. The summed E-state index contributed by atoms with van der Waals surface area (Å²) in [5.41, 5.74) is 0.859. The minimum absolute atomic E-state index is 0.0849. The summed E-state index contributed by atoms with van der Waals surface area (Å²) in [7, 11) is 1.61. The Morgan fingerprint density at radius 1 is 1.50 bits per heavy atom. The molecule has 0 aliphatic carbocycles. The van der Waals surface area contributed by atoms with Gasteiger partial charge in [-0.25, -0.2) is 4.79 Å². The molecule has 0 aromatic carbocycles. The van der Waals surface area contributed by atoms with Crippen LogP contribution in [-0.4, -0.2) is 47.2 Å². The lowest BCUT2D eigenvalue weighted by Gasteiger charge is -2.13. The third kappa shape index (κ3) is 3.68. The molecular weight excluding hydrogens is 254 g/mol. The van der Waals surface area contributed by atoms with Gasteiger partial charge in [0.05, 0.1) is 11.5 Å². The highest BCUT2D eigenvalue weighted by Gasteiger charge is 2.15. The zero-order chi connectivity index (χ0) is 13.7. The Hall–Kier alpha value is -1.66. The van der Waals surface area contributed by atoms with Gasteiger partial charge in [0.25, 0.3) is 5.91 Å². The van der Waals surface area contributed by atoms with Crippen molar-refractivity contribution < 1.29 is 19.8 Å². The summed E-state index contributed by atoms with van der Waals surface area (Å²) >= 11 is 1.24. The van der Waals surface area contributed by atoms with Crippen molar-refractivity contribution >= 4 is 29.3 Å². The molecule has 1 aromatic rings. The Bertz CT molecular complexity index is 478. The second kappa shape index (κ2) is 6.32. The fraction of sp³-hybridized carbons (Fsp3) is 0.333. The molecule has 0 saturated carbocycles. The average molecular weight is 269 g/mol. The number of aliphatic carboxylic acids is 1. The smallest absolute Gasteiger partial charge is 0.328 e. The van der Waals surface area contributed by atoms with Crippen LogP contribution in [0.3, 0.4) is 0 Å². The number of carbonyl (C=O) groups is 2. The summed E-state index contributed by atoms with van der Waals surface area (Å²) in [5.74, 6) is -1.19. The second-order valence-corrected chi connectivity index (χ2v) is 4.86. The Labute approximate surface area is 109 Å². The van der Waals surface area contributed by atoms with Crippen LogP contribution in [0.4, 0.5) is 0 Å². The predicted octanol–water partition coefficient (Wildman–Crippen LogP) is 1.22. The summed E-state index contributed by atoms with van der Waals surface area (Å²) in [5, 5.41) is 17.3. The van der Waals surface area contributed by atoms with Gasteiger partial charge in [-0.15, -0.1) is 11.3 Å². The van der Waals surface area contributed by atoms with E-state index in [1.54, 1.807) is 13.1 Å². The molecule has 6 heteroatoms. The van der Waals surface area contributed by atoms with Crippen molar-refractivity contribution in [2.24, 2.45) is 0 Å². The number of hydrogen-bond acceptors (Lipinski definition) is 4. The topological polar surface area (TPSA) is 77.8 Å². The molecule has 0 saturated heterocycles. The van der Waals surface area contributed by atoms with Gasteiger partial charge in [-0.05, 0) is 24.6 Å². The molecular formula is C12H15NO4S. The number of aliphatic hydroxyl groups is 1. The monoisotopic (exact) mass is 269 g/mol. The summed E-state index contributed by atoms with van der Waals surface area (Å²) in [6.07, 6.45) is 2.52. The highest BCUT2D eigenvalue weighted by atomic mass is 32.1. The van der Waals surface area contributed by atoms with Gasteiger partial charge in [0.2, 0.25) is 0 Å². The van der Waals surface area contributed by atoms with Crippen LogP contribution in [0.25, 0.3) is 6.08 Å². The van der Waals surface area contributed by atoms with E-state index in [1.807, 2.05) is 6.92 Å². The molecule has 0 radical (unpaired) electrons. The molecule has 2 N–H and O–H groups in total. The molecule has 1 heterocycles. The Morgan fingerprint density at radius 2 is 2.17 bits per heavy atom. The molecule has 0 spiro atoms. The third-order valence-electron chi connectivity index (χ3n) is 2.33. The molecule has 1 amide bonds. The van der Waals surface area contributed by atoms with Crippen molar-refractivity contribution in [2.45, 2.75) is 6.92 Å². The van der Waals surface area contributed by atoms with Crippen LogP contribution in [0.15, 0.2) is 12.1 Å². The van der Waals surface area contributed by atoms with Crippen LogP contribution >= 0.6 is 11.3 Å². The number of thiophene rings is 1. The van der Waals surface area contributed by atoms with Crippen LogP contribution < -0.4 is 0 Å². The lowest BCUT2D eigenvalue weighted by molar-refractivity contribution is -0.131. The van der Waals surface area contributed by atoms with Crippen molar-refractivity contribution in [2.75, 3.05) is 20.2 Å². The lowest BCUT2D eigenvalue weighted by Crippen LogP contribution is -2.28. The quantitative estimate of drug-likeness (QED) is 0.788. The minimum atomic E-state index is -1.02. The van der Waals surface area contributed by atoms with Gasteiger partial charge < -0.3 is 15.1 Å². The van der Waals surface area contributed by atoms with Gasteiger partial charge in [-0.1, -0.05) is 0 Å². The maximum absolute atomic E-state index is 11.9. The molecule has 1 rings (SSSR count). The van der Waals surface area contributed by atoms with Gasteiger partial charge >= 0.3 is 5.97 Å². The van der Waals surface area contributed by atoms with Gasteiger partial charge in [0.15, 0.2) is 0 Å². The van der Waals surface area contributed by atoms with E-state index >= 15 is 0 Å². The molecule has 1 aromatic heterocycles. The Morgan fingerprint density at radius 3 is 2.72 bits per heavy atom.